The van der Waals surface area contributed by atoms with Gasteiger partial charge in [-0.2, -0.15) is 0 Å². The van der Waals surface area contributed by atoms with Gasteiger partial charge in [0.2, 0.25) is 0 Å². The molecule has 3 fully saturated rings. The lowest BCUT2D eigenvalue weighted by Gasteiger charge is -2.48. The van der Waals surface area contributed by atoms with Crippen LogP contribution in [0.3, 0.4) is 0 Å². The van der Waals surface area contributed by atoms with Gasteiger partial charge in [-0.05, 0) is 44.2 Å². The van der Waals surface area contributed by atoms with Crippen LogP contribution in [-0.4, -0.2) is 73.9 Å². The van der Waals surface area contributed by atoms with Crippen LogP contribution in [0.4, 0.5) is 5.82 Å². The van der Waals surface area contributed by atoms with E-state index in [-0.39, 0.29) is 29.5 Å². The number of guanidine groups is 1. The van der Waals surface area contributed by atoms with E-state index in [1.807, 2.05) is 6.20 Å². The Morgan fingerprint density at radius 2 is 1.78 bits per heavy atom. The highest BCUT2D eigenvalue weighted by atomic mass is 127. The fraction of sp³-hybridized carbons (Fsp3) is 0.750. The largest absolute Gasteiger partial charge is 0.379 e. The van der Waals surface area contributed by atoms with Gasteiger partial charge in [-0.1, -0.05) is 25.3 Å². The molecule has 3 aliphatic rings. The Balaban J connectivity index is 0.00000289. The molecule has 1 saturated carbocycles. The fourth-order valence-corrected chi connectivity index (χ4v) is 5.26. The monoisotopic (exact) mass is 556 g/mol. The van der Waals surface area contributed by atoms with Gasteiger partial charge in [0.25, 0.3) is 0 Å². The van der Waals surface area contributed by atoms with Crippen molar-refractivity contribution in [2.75, 3.05) is 57.4 Å². The van der Waals surface area contributed by atoms with Crippen LogP contribution in [0.2, 0.25) is 0 Å². The van der Waals surface area contributed by atoms with Crippen LogP contribution >= 0.6 is 24.0 Å². The molecule has 1 aliphatic carbocycles. The number of nitrogens with one attached hydrogen (secondary N) is 2. The molecule has 32 heavy (non-hydrogen) atoms. The molecule has 1 aromatic rings. The Bertz CT molecular complexity index is 695. The number of ether oxygens (including phenoxy) is 1. The van der Waals surface area contributed by atoms with E-state index >= 15 is 0 Å². The van der Waals surface area contributed by atoms with Crippen LogP contribution < -0.4 is 15.5 Å². The van der Waals surface area contributed by atoms with Gasteiger partial charge >= 0.3 is 0 Å². The van der Waals surface area contributed by atoms with Gasteiger partial charge in [-0.25, -0.2) is 9.98 Å². The van der Waals surface area contributed by atoms with Crippen molar-refractivity contribution >= 4 is 35.8 Å². The second-order valence-electron chi connectivity index (χ2n) is 9.15. The third kappa shape index (κ3) is 6.70. The number of nitrogens with zero attached hydrogens (tertiary/aromatic N) is 4. The van der Waals surface area contributed by atoms with Gasteiger partial charge in [-0.3, -0.25) is 4.90 Å². The lowest BCUT2D eigenvalue weighted by Crippen LogP contribution is -2.60. The summed E-state index contributed by atoms with van der Waals surface area (Å²) in [5, 5.41) is 7.12. The van der Waals surface area contributed by atoms with Crippen molar-refractivity contribution in [1.29, 1.82) is 0 Å². The van der Waals surface area contributed by atoms with E-state index in [1.54, 1.807) is 0 Å². The Kier molecular flexibility index (Phi) is 10.3. The summed E-state index contributed by atoms with van der Waals surface area (Å²) in [6, 6.07) is 4.32. The van der Waals surface area contributed by atoms with Crippen molar-refractivity contribution in [3.05, 3.63) is 23.9 Å². The molecule has 0 spiro atoms. The molecule has 0 bridgehead atoms. The second kappa shape index (κ2) is 12.9. The van der Waals surface area contributed by atoms with Gasteiger partial charge in [0.1, 0.15) is 5.82 Å². The summed E-state index contributed by atoms with van der Waals surface area (Å²) >= 11 is 0. The summed E-state index contributed by atoms with van der Waals surface area (Å²) in [7, 11) is 0. The molecular weight excluding hydrogens is 515 g/mol. The quantitative estimate of drug-likeness (QED) is 0.305. The molecule has 2 N–H and O–H groups in total. The molecule has 0 radical (unpaired) electrons. The summed E-state index contributed by atoms with van der Waals surface area (Å²) in [5.41, 5.74) is 1.39. The highest BCUT2D eigenvalue weighted by molar-refractivity contribution is 14.0. The summed E-state index contributed by atoms with van der Waals surface area (Å²) in [6.45, 7) is 10.7. The van der Waals surface area contributed by atoms with Crippen molar-refractivity contribution < 1.29 is 4.74 Å². The maximum absolute atomic E-state index is 5.62. The number of aromatic nitrogens is 1. The van der Waals surface area contributed by atoms with Crippen LogP contribution in [0.1, 0.15) is 57.4 Å². The zero-order valence-corrected chi connectivity index (χ0v) is 22.0. The highest BCUT2D eigenvalue weighted by Crippen LogP contribution is 2.33. The zero-order chi connectivity index (χ0) is 21.4. The van der Waals surface area contributed by atoms with Crippen molar-refractivity contribution in [2.45, 2.75) is 64.0 Å². The number of rotatable bonds is 7. The van der Waals surface area contributed by atoms with Crippen molar-refractivity contribution in [3.8, 4) is 0 Å². The molecule has 180 valence electrons. The Morgan fingerprint density at radius 1 is 1.03 bits per heavy atom. The standard InChI is InChI=1S/C24H40N6O.HI/c1-2-25-23(27-19-21-8-9-22(26-18-21)29-12-6-7-13-29)28-20-24(10-4-3-5-11-24)30-14-16-31-17-15-30;/h8-9,18H,2-7,10-17,19-20H2,1H3,(H2,25,27,28);1H. The number of pyridine rings is 1. The zero-order valence-electron chi connectivity index (χ0n) is 19.7. The van der Waals surface area contributed by atoms with E-state index in [0.717, 1.165) is 69.8 Å². The van der Waals surface area contributed by atoms with Gasteiger partial charge in [0.15, 0.2) is 5.96 Å². The Labute approximate surface area is 210 Å². The SMILES string of the molecule is CCNC(=NCc1ccc(N2CCCC2)nc1)NCC1(N2CCOCC2)CCCCC1.I. The first-order valence-corrected chi connectivity index (χ1v) is 12.3. The molecular formula is C24H41IN6O. The van der Waals surface area contributed by atoms with Crippen LogP contribution in [0.25, 0.3) is 0 Å². The smallest absolute Gasteiger partial charge is 0.191 e. The molecule has 0 atom stereocenters. The van der Waals surface area contributed by atoms with Gasteiger partial charge in [0.05, 0.1) is 19.8 Å². The van der Waals surface area contributed by atoms with E-state index in [1.165, 1.54) is 44.9 Å². The first-order chi connectivity index (χ1) is 15.3. The predicted octanol–water partition coefficient (Wildman–Crippen LogP) is 3.39. The van der Waals surface area contributed by atoms with Gasteiger partial charge in [0, 0.05) is 51.0 Å². The van der Waals surface area contributed by atoms with E-state index in [4.69, 9.17) is 9.73 Å². The minimum atomic E-state index is 0. The van der Waals surface area contributed by atoms with Crippen LogP contribution in [0.15, 0.2) is 23.3 Å². The molecule has 0 amide bonds. The van der Waals surface area contributed by atoms with E-state index in [0.29, 0.717) is 6.54 Å². The third-order valence-electron chi connectivity index (χ3n) is 7.05. The topological polar surface area (TPSA) is 65.0 Å². The minimum absolute atomic E-state index is 0. The highest BCUT2D eigenvalue weighted by Gasteiger charge is 2.38. The predicted molar refractivity (Wildman–Crippen MR) is 142 cm³/mol. The Morgan fingerprint density at radius 3 is 2.44 bits per heavy atom. The van der Waals surface area contributed by atoms with Crippen LogP contribution in [0, 0.1) is 0 Å². The number of hydrogen-bond acceptors (Lipinski definition) is 5. The lowest BCUT2D eigenvalue weighted by molar-refractivity contribution is -0.0352. The minimum Gasteiger partial charge on any atom is -0.379 e. The van der Waals surface area contributed by atoms with E-state index in [9.17, 15) is 0 Å². The van der Waals surface area contributed by atoms with Crippen LogP contribution in [-0.2, 0) is 11.3 Å². The summed E-state index contributed by atoms with van der Waals surface area (Å²) < 4.78 is 5.62. The van der Waals surface area contributed by atoms with Gasteiger partial charge < -0.3 is 20.3 Å². The summed E-state index contributed by atoms with van der Waals surface area (Å²) in [6.07, 6.45) is 11.1. The molecule has 1 aromatic heterocycles. The van der Waals surface area contributed by atoms with Crippen molar-refractivity contribution in [1.82, 2.24) is 20.5 Å². The van der Waals surface area contributed by atoms with Crippen LogP contribution in [0.5, 0.6) is 0 Å². The van der Waals surface area contributed by atoms with E-state index < -0.39 is 0 Å². The average Bonchev–Trinajstić information content (AvgIpc) is 3.37. The summed E-state index contributed by atoms with van der Waals surface area (Å²) in [5.74, 6) is 2.00. The molecule has 7 nitrogen and oxygen atoms in total. The number of aliphatic imine (C=N–C) groups is 1. The lowest BCUT2D eigenvalue weighted by atomic mass is 9.80. The molecule has 2 aliphatic heterocycles. The number of hydrogen-bond donors (Lipinski definition) is 2. The molecule has 8 heteroatoms. The molecule has 0 aromatic carbocycles. The number of halogens is 1. The maximum atomic E-state index is 5.62. The fourth-order valence-electron chi connectivity index (χ4n) is 5.26. The number of morpholine rings is 1. The number of anilines is 1. The van der Waals surface area contributed by atoms with E-state index in [2.05, 4.69) is 44.5 Å². The molecule has 2 saturated heterocycles. The average molecular weight is 557 g/mol. The third-order valence-corrected chi connectivity index (χ3v) is 7.05. The summed E-state index contributed by atoms with van der Waals surface area (Å²) in [4.78, 5) is 14.6. The maximum Gasteiger partial charge on any atom is 0.191 e. The first-order valence-electron chi connectivity index (χ1n) is 12.3. The van der Waals surface area contributed by atoms with Crippen molar-refractivity contribution in [3.63, 3.8) is 0 Å². The second-order valence-corrected chi connectivity index (χ2v) is 9.15. The van der Waals surface area contributed by atoms with Gasteiger partial charge in [-0.15, -0.1) is 24.0 Å². The van der Waals surface area contributed by atoms with Crippen molar-refractivity contribution in [2.24, 2.45) is 4.99 Å². The normalized spacial score (nSPS) is 21.8. The molecule has 0 unspecified atom stereocenters. The molecule has 4 rings (SSSR count). The Hall–Kier alpha value is -1.13. The molecule has 3 heterocycles. The first kappa shape index (κ1) is 25.5.